The molecule has 1 N–H and O–H groups in total. The number of rotatable bonds is 5. The van der Waals surface area contributed by atoms with Crippen molar-refractivity contribution in [2.75, 3.05) is 4.72 Å². The van der Waals surface area contributed by atoms with Crippen molar-refractivity contribution in [1.29, 1.82) is 0 Å². The number of aromatic nitrogens is 1. The molecule has 0 bridgehead atoms. The highest BCUT2D eigenvalue weighted by molar-refractivity contribution is 7.92. The molecular weight excluding hydrogens is 431 g/mol. The maximum absolute atomic E-state index is 12.8. The first-order valence-electron chi connectivity index (χ1n) is 7.61. The van der Waals surface area contributed by atoms with Gasteiger partial charge in [0.2, 0.25) is 0 Å². The lowest BCUT2D eigenvalue weighted by molar-refractivity contribution is 0.482. The van der Waals surface area contributed by atoms with Gasteiger partial charge in [-0.2, -0.15) is 0 Å². The molecule has 0 fully saturated rings. The Morgan fingerprint density at radius 2 is 1.74 bits per heavy atom. The fraction of sp³-hybridized carbons (Fsp3) is 0.0556. The van der Waals surface area contributed by atoms with Gasteiger partial charge in [-0.05, 0) is 42.8 Å². The van der Waals surface area contributed by atoms with Crippen LogP contribution in [-0.4, -0.2) is 13.4 Å². The average molecular weight is 444 g/mol. The molecule has 0 aliphatic heterocycles. The van der Waals surface area contributed by atoms with Crippen LogP contribution in [0, 0.1) is 6.92 Å². The highest BCUT2D eigenvalue weighted by atomic mass is 35.5. The molecule has 0 radical (unpaired) electrons. The van der Waals surface area contributed by atoms with Crippen LogP contribution in [0.1, 0.15) is 5.56 Å². The minimum absolute atomic E-state index is 0.0177. The average Bonchev–Trinajstić information content (AvgIpc) is 2.56. The number of anilines is 1. The van der Waals surface area contributed by atoms with Crippen molar-refractivity contribution in [3.63, 3.8) is 0 Å². The molecule has 0 spiro atoms. The Labute approximate surface area is 171 Å². The van der Waals surface area contributed by atoms with Crippen molar-refractivity contribution in [2.45, 2.75) is 11.8 Å². The summed E-state index contributed by atoms with van der Waals surface area (Å²) in [6.07, 6.45) is 2.94. The molecule has 9 heteroatoms. The maximum atomic E-state index is 12.8. The summed E-state index contributed by atoms with van der Waals surface area (Å²) in [5.41, 5.74) is 1.09. The van der Waals surface area contributed by atoms with Gasteiger partial charge >= 0.3 is 0 Å². The first-order chi connectivity index (χ1) is 12.7. The number of sulfonamides is 1. The molecular formula is C18H13Cl3N2O3S. The quantitative estimate of drug-likeness (QED) is 0.529. The van der Waals surface area contributed by atoms with Crippen LogP contribution in [-0.2, 0) is 10.0 Å². The summed E-state index contributed by atoms with van der Waals surface area (Å²) in [5.74, 6) is 0.662. The summed E-state index contributed by atoms with van der Waals surface area (Å²) in [6.45, 7) is 1.83. The lowest BCUT2D eigenvalue weighted by Gasteiger charge is -2.15. The van der Waals surface area contributed by atoms with E-state index < -0.39 is 10.0 Å². The largest absolute Gasteiger partial charge is 0.453 e. The molecule has 0 atom stereocenters. The maximum Gasteiger partial charge on any atom is 0.263 e. The van der Waals surface area contributed by atoms with E-state index in [1.165, 1.54) is 30.6 Å². The fourth-order valence-corrected chi connectivity index (χ4v) is 4.28. The van der Waals surface area contributed by atoms with Crippen molar-refractivity contribution in [3.8, 4) is 11.5 Å². The summed E-state index contributed by atoms with van der Waals surface area (Å²) < 4.78 is 33.8. The third-order valence-corrected chi connectivity index (χ3v) is 5.76. The topological polar surface area (TPSA) is 68.3 Å². The van der Waals surface area contributed by atoms with E-state index in [2.05, 4.69) is 9.71 Å². The summed E-state index contributed by atoms with van der Waals surface area (Å²) in [5, 5.41) is 0.755. The number of aryl methyl sites for hydroxylation is 1. The van der Waals surface area contributed by atoms with Gasteiger partial charge < -0.3 is 4.74 Å². The molecule has 1 heterocycles. The Hall–Kier alpha value is -1.99. The van der Waals surface area contributed by atoms with Crippen molar-refractivity contribution in [3.05, 3.63) is 75.5 Å². The summed E-state index contributed by atoms with van der Waals surface area (Å²) in [6, 6.07) is 10.8. The molecule has 2 aromatic carbocycles. The van der Waals surface area contributed by atoms with Crippen LogP contribution in [0.5, 0.6) is 11.5 Å². The number of halogens is 3. The monoisotopic (exact) mass is 442 g/mol. The van der Waals surface area contributed by atoms with Crippen LogP contribution >= 0.6 is 34.8 Å². The smallest absolute Gasteiger partial charge is 0.263 e. The Kier molecular flexibility index (Phi) is 5.81. The van der Waals surface area contributed by atoms with Crippen LogP contribution < -0.4 is 9.46 Å². The number of ether oxygens (including phenoxy) is 1. The van der Waals surface area contributed by atoms with E-state index in [0.717, 1.165) is 5.56 Å². The Bertz CT molecular complexity index is 1100. The molecule has 140 valence electrons. The van der Waals surface area contributed by atoms with E-state index in [9.17, 15) is 8.42 Å². The van der Waals surface area contributed by atoms with Gasteiger partial charge in [-0.1, -0.05) is 40.9 Å². The zero-order chi connectivity index (χ0) is 19.6. The highest BCUT2D eigenvalue weighted by Gasteiger charge is 2.20. The van der Waals surface area contributed by atoms with Crippen LogP contribution in [0.2, 0.25) is 15.1 Å². The third-order valence-electron chi connectivity index (χ3n) is 3.47. The van der Waals surface area contributed by atoms with Gasteiger partial charge in [-0.25, -0.2) is 8.42 Å². The zero-order valence-electron chi connectivity index (χ0n) is 13.9. The molecule has 0 saturated carbocycles. The molecule has 27 heavy (non-hydrogen) atoms. The lowest BCUT2D eigenvalue weighted by Crippen LogP contribution is -2.14. The van der Waals surface area contributed by atoms with Gasteiger partial charge in [0.15, 0.2) is 5.75 Å². The second kappa shape index (κ2) is 7.94. The highest BCUT2D eigenvalue weighted by Crippen LogP contribution is 2.34. The van der Waals surface area contributed by atoms with Crippen molar-refractivity contribution >= 4 is 50.5 Å². The summed E-state index contributed by atoms with van der Waals surface area (Å²) >= 11 is 17.8. The molecule has 5 nitrogen and oxygen atoms in total. The molecule has 3 aromatic rings. The minimum Gasteiger partial charge on any atom is -0.453 e. The number of nitrogens with one attached hydrogen (secondary N) is 1. The van der Waals surface area contributed by atoms with Crippen molar-refractivity contribution in [2.24, 2.45) is 0 Å². The first kappa shape index (κ1) is 19.8. The SMILES string of the molecule is Cc1ccc(Oc2cncc(Cl)c2)c(NS(=O)(=O)c2ccc(Cl)cc2Cl)c1. The predicted molar refractivity (Wildman–Crippen MR) is 108 cm³/mol. The molecule has 0 aliphatic carbocycles. The normalized spacial score (nSPS) is 11.3. The minimum atomic E-state index is -3.96. The van der Waals surface area contributed by atoms with Crippen molar-refractivity contribution < 1.29 is 13.2 Å². The number of benzene rings is 2. The number of pyridine rings is 1. The molecule has 0 amide bonds. The van der Waals surface area contributed by atoms with Crippen LogP contribution in [0.4, 0.5) is 5.69 Å². The Morgan fingerprint density at radius 1 is 0.963 bits per heavy atom. The fourth-order valence-electron chi connectivity index (χ4n) is 2.28. The van der Waals surface area contributed by atoms with E-state index in [1.54, 1.807) is 24.3 Å². The van der Waals surface area contributed by atoms with Crippen LogP contribution in [0.3, 0.4) is 0 Å². The standard InChI is InChI=1S/C18H13Cl3N2O3S/c1-11-2-4-17(26-14-7-13(20)9-22-10-14)16(6-11)23-27(24,25)18-5-3-12(19)8-15(18)21/h2-10,23H,1H3. The van der Waals surface area contributed by atoms with Crippen molar-refractivity contribution in [1.82, 2.24) is 4.98 Å². The molecule has 3 rings (SSSR count). The van der Waals surface area contributed by atoms with E-state index >= 15 is 0 Å². The molecule has 0 aliphatic rings. The van der Waals surface area contributed by atoms with Gasteiger partial charge in [0, 0.05) is 17.3 Å². The lowest BCUT2D eigenvalue weighted by atomic mass is 10.2. The van der Waals surface area contributed by atoms with Gasteiger partial charge in [-0.15, -0.1) is 0 Å². The van der Waals surface area contributed by atoms with E-state index in [0.29, 0.717) is 21.5 Å². The van der Waals surface area contributed by atoms with E-state index in [4.69, 9.17) is 39.5 Å². The summed E-state index contributed by atoms with van der Waals surface area (Å²) in [4.78, 5) is 3.85. The second-order valence-corrected chi connectivity index (χ2v) is 8.55. The van der Waals surface area contributed by atoms with Gasteiger partial charge in [0.25, 0.3) is 10.0 Å². The van der Waals surface area contributed by atoms with E-state index in [1.807, 2.05) is 6.92 Å². The number of hydrogen-bond acceptors (Lipinski definition) is 4. The molecule has 0 saturated heterocycles. The third kappa shape index (κ3) is 4.84. The van der Waals surface area contributed by atoms with Gasteiger partial charge in [0.1, 0.15) is 10.6 Å². The van der Waals surface area contributed by atoms with Gasteiger partial charge in [0.05, 0.1) is 21.9 Å². The molecule has 1 aromatic heterocycles. The first-order valence-corrected chi connectivity index (χ1v) is 10.2. The van der Waals surface area contributed by atoms with E-state index in [-0.39, 0.29) is 15.6 Å². The Morgan fingerprint density at radius 3 is 2.44 bits per heavy atom. The molecule has 0 unspecified atom stereocenters. The number of nitrogens with zero attached hydrogens (tertiary/aromatic N) is 1. The Balaban J connectivity index is 1.97. The van der Waals surface area contributed by atoms with Crippen LogP contribution in [0.15, 0.2) is 59.8 Å². The summed E-state index contributed by atoms with van der Waals surface area (Å²) in [7, 11) is -3.96. The number of hydrogen-bond donors (Lipinski definition) is 1. The predicted octanol–water partition coefficient (Wildman–Crippen LogP) is 5.94. The van der Waals surface area contributed by atoms with Gasteiger partial charge in [-0.3, -0.25) is 9.71 Å². The zero-order valence-corrected chi connectivity index (χ0v) is 17.0. The second-order valence-electron chi connectivity index (χ2n) is 5.62. The van der Waals surface area contributed by atoms with Crippen LogP contribution in [0.25, 0.3) is 0 Å².